The first kappa shape index (κ1) is 18.6. The van der Waals surface area contributed by atoms with E-state index in [4.69, 9.17) is 0 Å². The molecule has 2 aromatic heterocycles. The molecule has 7 heteroatoms. The van der Waals surface area contributed by atoms with Crippen LogP contribution < -0.4 is 5.32 Å². The van der Waals surface area contributed by atoms with Crippen LogP contribution in [0.15, 0.2) is 41.6 Å². The Morgan fingerprint density at radius 1 is 1.18 bits per heavy atom. The second kappa shape index (κ2) is 7.31. The lowest BCUT2D eigenvalue weighted by Crippen LogP contribution is -2.28. The molecule has 0 saturated heterocycles. The normalized spacial score (nSPS) is 12.6. The van der Waals surface area contributed by atoms with Crippen molar-refractivity contribution in [1.82, 2.24) is 24.9 Å². The van der Waals surface area contributed by atoms with Crippen LogP contribution in [-0.4, -0.2) is 31.2 Å². The Balaban J connectivity index is 1.46. The fourth-order valence-electron chi connectivity index (χ4n) is 3.48. The van der Waals surface area contributed by atoms with E-state index in [0.717, 1.165) is 21.8 Å². The molecule has 6 nitrogen and oxygen atoms in total. The molecule has 1 amide bonds. The van der Waals surface area contributed by atoms with Crippen LogP contribution >= 0.6 is 11.8 Å². The Hall–Kier alpha value is -2.80. The number of nitrogens with one attached hydrogen (secondary N) is 2. The molecule has 0 aliphatic heterocycles. The number of H-pyrrole nitrogens is 1. The lowest BCUT2D eigenvalue weighted by atomic mass is 9.96. The second-order valence-corrected chi connectivity index (χ2v) is 8.08. The number of aryl methyl sites for hydroxylation is 3. The molecule has 0 radical (unpaired) electrons. The van der Waals surface area contributed by atoms with Crippen LogP contribution in [0.25, 0.3) is 16.8 Å². The van der Waals surface area contributed by atoms with Crippen molar-refractivity contribution in [2.24, 2.45) is 0 Å². The van der Waals surface area contributed by atoms with Gasteiger partial charge in [0, 0.05) is 0 Å². The van der Waals surface area contributed by atoms with Crippen molar-refractivity contribution in [2.45, 2.75) is 38.9 Å². The molecule has 2 N–H and O–H groups in total. The number of aromatic nitrogens is 4. The monoisotopic (exact) mass is 393 g/mol. The summed E-state index contributed by atoms with van der Waals surface area (Å²) in [6.07, 6.45) is 0. The van der Waals surface area contributed by atoms with Crippen molar-refractivity contribution in [3.8, 4) is 0 Å². The van der Waals surface area contributed by atoms with Crippen molar-refractivity contribution < 1.29 is 4.79 Å². The van der Waals surface area contributed by atoms with Crippen molar-refractivity contribution in [3.05, 3.63) is 58.7 Å². The van der Waals surface area contributed by atoms with E-state index in [1.807, 2.05) is 35.6 Å². The Morgan fingerprint density at radius 2 is 1.93 bits per heavy atom. The van der Waals surface area contributed by atoms with Crippen LogP contribution in [0.5, 0.6) is 0 Å². The van der Waals surface area contributed by atoms with Gasteiger partial charge in [-0.15, -0.1) is 5.10 Å². The first-order valence-electron chi connectivity index (χ1n) is 9.25. The Kier molecular flexibility index (Phi) is 4.85. The molecule has 4 aromatic rings. The van der Waals surface area contributed by atoms with E-state index in [9.17, 15) is 4.79 Å². The minimum atomic E-state index is -0.0410. The molecule has 0 saturated carbocycles. The van der Waals surface area contributed by atoms with E-state index in [0.29, 0.717) is 11.5 Å². The number of imidazole rings is 1. The number of rotatable bonds is 5. The van der Waals surface area contributed by atoms with Gasteiger partial charge in [-0.3, -0.25) is 9.20 Å². The number of hydrogen-bond donors (Lipinski definition) is 2. The first-order chi connectivity index (χ1) is 13.4. The molecule has 2 aromatic carbocycles. The number of amides is 1. The van der Waals surface area contributed by atoms with Crippen LogP contribution in [0, 0.1) is 20.8 Å². The van der Waals surface area contributed by atoms with Crippen molar-refractivity contribution in [1.29, 1.82) is 0 Å². The van der Waals surface area contributed by atoms with Gasteiger partial charge in [0.2, 0.25) is 11.7 Å². The number of hydrogen-bond acceptors (Lipinski definition) is 4. The van der Waals surface area contributed by atoms with E-state index in [1.165, 1.54) is 28.5 Å². The first-order valence-corrected chi connectivity index (χ1v) is 10.2. The molecule has 0 aliphatic carbocycles. The van der Waals surface area contributed by atoms with Crippen LogP contribution in [0.2, 0.25) is 0 Å². The van der Waals surface area contributed by atoms with Crippen LogP contribution in [-0.2, 0) is 4.79 Å². The summed E-state index contributed by atoms with van der Waals surface area (Å²) in [4.78, 5) is 17.0. The van der Waals surface area contributed by atoms with Gasteiger partial charge in [-0.2, -0.15) is 0 Å². The SMILES string of the molecule is Cc1cc(C)c([C@@H](C)NC(=O)CSc2n[nH]c3nc4ccccc4n23)cc1C. The third-order valence-corrected chi connectivity index (χ3v) is 6.00. The van der Waals surface area contributed by atoms with E-state index >= 15 is 0 Å². The van der Waals surface area contributed by atoms with E-state index in [2.05, 4.69) is 53.4 Å². The van der Waals surface area contributed by atoms with Crippen molar-refractivity contribution >= 4 is 34.5 Å². The number of para-hydroxylation sites is 2. The number of carbonyl (C=O) groups excluding carboxylic acids is 1. The Morgan fingerprint density at radius 3 is 2.75 bits per heavy atom. The summed E-state index contributed by atoms with van der Waals surface area (Å²) in [5.74, 6) is 0.958. The molecule has 0 unspecified atom stereocenters. The molecule has 0 spiro atoms. The van der Waals surface area contributed by atoms with Crippen molar-refractivity contribution in [3.63, 3.8) is 0 Å². The van der Waals surface area contributed by atoms with Gasteiger partial charge in [0.05, 0.1) is 22.8 Å². The van der Waals surface area contributed by atoms with E-state index in [1.54, 1.807) is 0 Å². The van der Waals surface area contributed by atoms with Gasteiger partial charge in [-0.25, -0.2) is 10.1 Å². The highest BCUT2D eigenvalue weighted by Crippen LogP contribution is 2.24. The predicted molar refractivity (Wildman–Crippen MR) is 113 cm³/mol. The molecule has 28 heavy (non-hydrogen) atoms. The molecule has 0 aliphatic rings. The summed E-state index contributed by atoms with van der Waals surface area (Å²) in [7, 11) is 0. The number of carbonyl (C=O) groups is 1. The maximum Gasteiger partial charge on any atom is 0.231 e. The summed E-state index contributed by atoms with van der Waals surface area (Å²) < 4.78 is 1.95. The van der Waals surface area contributed by atoms with Crippen LogP contribution in [0.4, 0.5) is 0 Å². The Bertz CT molecular complexity index is 1180. The largest absolute Gasteiger partial charge is 0.349 e. The average Bonchev–Trinajstić information content (AvgIpc) is 3.22. The molecule has 0 fully saturated rings. The van der Waals surface area contributed by atoms with E-state index in [-0.39, 0.29) is 11.9 Å². The number of thioether (sulfide) groups is 1. The zero-order valence-electron chi connectivity index (χ0n) is 16.4. The maximum absolute atomic E-state index is 12.5. The second-order valence-electron chi connectivity index (χ2n) is 7.14. The van der Waals surface area contributed by atoms with Gasteiger partial charge in [0.15, 0.2) is 5.16 Å². The molecule has 144 valence electrons. The van der Waals surface area contributed by atoms with Gasteiger partial charge in [-0.1, -0.05) is 36.0 Å². The van der Waals surface area contributed by atoms with E-state index < -0.39 is 0 Å². The fourth-order valence-corrected chi connectivity index (χ4v) is 4.25. The summed E-state index contributed by atoms with van der Waals surface area (Å²) >= 11 is 1.40. The predicted octanol–water partition coefficient (Wildman–Crippen LogP) is 4.11. The third kappa shape index (κ3) is 3.38. The minimum Gasteiger partial charge on any atom is -0.349 e. The van der Waals surface area contributed by atoms with Gasteiger partial charge >= 0.3 is 0 Å². The van der Waals surface area contributed by atoms with Crippen LogP contribution in [0.1, 0.15) is 35.2 Å². The summed E-state index contributed by atoms with van der Waals surface area (Å²) in [6, 6.07) is 12.2. The molecular formula is C21H23N5OS. The number of benzene rings is 2. The highest BCUT2D eigenvalue weighted by molar-refractivity contribution is 7.99. The topological polar surface area (TPSA) is 75.1 Å². The summed E-state index contributed by atoms with van der Waals surface area (Å²) in [5, 5.41) is 11.1. The summed E-state index contributed by atoms with van der Waals surface area (Å²) in [5.41, 5.74) is 6.74. The quantitative estimate of drug-likeness (QED) is 0.501. The molecule has 4 rings (SSSR count). The number of nitrogens with zero attached hydrogens (tertiary/aromatic N) is 3. The Labute approximate surface area is 167 Å². The maximum atomic E-state index is 12.5. The van der Waals surface area contributed by atoms with Gasteiger partial charge in [0.1, 0.15) is 0 Å². The van der Waals surface area contributed by atoms with Gasteiger partial charge in [-0.05, 0) is 62.1 Å². The fraction of sp³-hybridized carbons (Fsp3) is 0.286. The lowest BCUT2D eigenvalue weighted by molar-refractivity contribution is -0.119. The van der Waals surface area contributed by atoms with Gasteiger partial charge in [0.25, 0.3) is 0 Å². The molecule has 1 atom stereocenters. The minimum absolute atomic E-state index is 0.0179. The highest BCUT2D eigenvalue weighted by Gasteiger charge is 2.16. The van der Waals surface area contributed by atoms with Crippen molar-refractivity contribution in [2.75, 3.05) is 5.75 Å². The number of aromatic amines is 1. The summed E-state index contributed by atoms with van der Waals surface area (Å²) in [6.45, 7) is 8.32. The zero-order valence-corrected chi connectivity index (χ0v) is 17.2. The van der Waals surface area contributed by atoms with Gasteiger partial charge < -0.3 is 5.32 Å². The smallest absolute Gasteiger partial charge is 0.231 e. The number of fused-ring (bicyclic) bond motifs is 3. The third-order valence-electron chi connectivity index (χ3n) is 5.06. The zero-order chi connectivity index (χ0) is 19.8. The van der Waals surface area contributed by atoms with Crippen LogP contribution in [0.3, 0.4) is 0 Å². The molecular weight excluding hydrogens is 370 g/mol. The lowest BCUT2D eigenvalue weighted by Gasteiger charge is -2.18. The standard InChI is InChI=1S/C21H23N5OS/c1-12-9-14(3)16(10-13(12)2)15(4)22-19(27)11-28-21-25-24-20-23-17-7-5-6-8-18(17)26(20)21/h5-10,15H,11H2,1-4H3,(H,22,27)(H,23,24)/t15-/m1/s1. The molecule has 0 bridgehead atoms. The molecule has 2 heterocycles. The highest BCUT2D eigenvalue weighted by atomic mass is 32.2. The average molecular weight is 394 g/mol.